The Hall–Kier alpha value is -2.67. The van der Waals surface area contributed by atoms with Crippen molar-refractivity contribution < 1.29 is 19.2 Å². The van der Waals surface area contributed by atoms with Crippen LogP contribution in [0.4, 0.5) is 0 Å². The molecular weight excluding hydrogens is 514 g/mol. The summed E-state index contributed by atoms with van der Waals surface area (Å²) in [5, 5.41) is 12.1. The molecular formula is C34H49N3O4. The quantitative estimate of drug-likeness (QED) is 0.142. The van der Waals surface area contributed by atoms with Crippen LogP contribution in [-0.4, -0.2) is 58.0 Å². The number of ketones is 2. The SMILES string of the molecule is CCCC(C)(N[C@H]1CCCCCC[C@H]1C(=O)C(C)(C=N)N1C(=O)[C@@H]2CCCCCC[C@@H]21)C(=O)c1ccc(C=O)cc1. The lowest BCUT2D eigenvalue weighted by Gasteiger charge is -2.56. The first-order valence-corrected chi connectivity index (χ1v) is 16.0. The van der Waals surface area contributed by atoms with E-state index in [-0.39, 0.29) is 35.5 Å². The third-order valence-corrected chi connectivity index (χ3v) is 10.1. The predicted molar refractivity (Wildman–Crippen MR) is 162 cm³/mol. The standard InChI is InChI=1S/C34H49N3O4/c1-4-21-33(2,30(39)25-19-17-24(22-38)18-20-25)36-28-15-11-7-5-9-13-26(28)31(40)34(3,23-35)37-29-16-12-8-6-10-14-27(29)32(37)41/h17-20,22-23,26-29,35-36H,4-16,21H2,1-3H3/t26-,27-,28+,29+,33?,34?/m1/s1. The molecule has 0 aromatic heterocycles. The zero-order chi connectivity index (χ0) is 29.6. The van der Waals surface area contributed by atoms with Crippen LogP contribution in [0.2, 0.25) is 0 Å². The van der Waals surface area contributed by atoms with Crippen molar-refractivity contribution in [1.82, 2.24) is 10.2 Å². The van der Waals surface area contributed by atoms with Gasteiger partial charge >= 0.3 is 0 Å². The van der Waals surface area contributed by atoms with Crippen LogP contribution in [0.25, 0.3) is 0 Å². The summed E-state index contributed by atoms with van der Waals surface area (Å²) in [6, 6.07) is 6.53. The van der Waals surface area contributed by atoms with Crippen molar-refractivity contribution in [3.63, 3.8) is 0 Å². The van der Waals surface area contributed by atoms with Crippen LogP contribution in [0.1, 0.15) is 131 Å². The van der Waals surface area contributed by atoms with Gasteiger partial charge in [0.05, 0.1) is 11.5 Å². The number of hydrogen-bond acceptors (Lipinski definition) is 6. The van der Waals surface area contributed by atoms with Crippen LogP contribution in [0.3, 0.4) is 0 Å². The summed E-state index contributed by atoms with van der Waals surface area (Å²) in [4.78, 5) is 54.9. The molecule has 3 fully saturated rings. The molecule has 1 aromatic carbocycles. The van der Waals surface area contributed by atoms with Crippen molar-refractivity contribution in [1.29, 1.82) is 5.41 Å². The molecule has 224 valence electrons. The van der Waals surface area contributed by atoms with Gasteiger partial charge in [-0.2, -0.15) is 0 Å². The fourth-order valence-corrected chi connectivity index (χ4v) is 7.69. The van der Waals surface area contributed by atoms with Crippen molar-refractivity contribution in [2.75, 3.05) is 0 Å². The highest BCUT2D eigenvalue weighted by Crippen LogP contribution is 2.43. The highest BCUT2D eigenvalue weighted by atomic mass is 16.2. The zero-order valence-corrected chi connectivity index (χ0v) is 25.3. The van der Waals surface area contributed by atoms with Gasteiger partial charge in [-0.15, -0.1) is 0 Å². The number of nitrogens with zero attached hydrogens (tertiary/aromatic N) is 1. The number of aldehydes is 1. The van der Waals surface area contributed by atoms with Crippen LogP contribution >= 0.6 is 0 Å². The van der Waals surface area contributed by atoms with Gasteiger partial charge in [0, 0.05) is 35.3 Å². The molecule has 41 heavy (non-hydrogen) atoms. The van der Waals surface area contributed by atoms with E-state index >= 15 is 0 Å². The van der Waals surface area contributed by atoms with Gasteiger partial charge in [-0.1, -0.05) is 89.0 Å². The summed E-state index contributed by atoms with van der Waals surface area (Å²) in [5.41, 5.74) is -1.11. The number of carbonyl (C=O) groups excluding carboxylic acids is 4. The molecule has 0 radical (unpaired) electrons. The third-order valence-electron chi connectivity index (χ3n) is 10.1. The molecule has 3 aliphatic rings. The normalized spacial score (nSPS) is 28.3. The van der Waals surface area contributed by atoms with E-state index in [4.69, 9.17) is 5.41 Å². The molecule has 0 bridgehead atoms. The van der Waals surface area contributed by atoms with E-state index < -0.39 is 17.0 Å². The second-order valence-electron chi connectivity index (χ2n) is 13.0. The minimum Gasteiger partial charge on any atom is -0.321 e. The van der Waals surface area contributed by atoms with E-state index in [1.54, 1.807) is 36.1 Å². The summed E-state index contributed by atoms with van der Waals surface area (Å²) < 4.78 is 0. The topological polar surface area (TPSA) is 107 Å². The van der Waals surface area contributed by atoms with Crippen molar-refractivity contribution in [3.05, 3.63) is 35.4 Å². The Kier molecular flexibility index (Phi) is 10.3. The summed E-state index contributed by atoms with van der Waals surface area (Å²) in [7, 11) is 0. The first-order valence-electron chi connectivity index (χ1n) is 16.0. The third kappa shape index (κ3) is 6.40. The lowest BCUT2D eigenvalue weighted by molar-refractivity contribution is -0.170. The van der Waals surface area contributed by atoms with Gasteiger partial charge in [-0.05, 0) is 46.0 Å². The van der Waals surface area contributed by atoms with E-state index in [0.717, 1.165) is 83.3 Å². The molecule has 2 aliphatic carbocycles. The Morgan fingerprint density at radius 2 is 1.56 bits per heavy atom. The number of rotatable bonds is 11. The number of β-lactam (4-membered cyclic amide) rings is 1. The minimum absolute atomic E-state index is 0.0234. The molecule has 6 atom stereocenters. The lowest BCUT2D eigenvalue weighted by Crippen LogP contribution is -2.73. The van der Waals surface area contributed by atoms with Crippen LogP contribution in [0, 0.1) is 17.2 Å². The first kappa shape index (κ1) is 31.3. The Morgan fingerprint density at radius 1 is 0.951 bits per heavy atom. The number of Topliss-reactive ketones (excluding diaryl/α,β-unsaturated/α-hetero) is 2. The lowest BCUT2D eigenvalue weighted by atomic mass is 9.70. The summed E-state index contributed by atoms with van der Waals surface area (Å²) in [5.74, 6) is -0.512. The average Bonchev–Trinajstić information content (AvgIpc) is 2.95. The molecule has 2 saturated carbocycles. The fourth-order valence-electron chi connectivity index (χ4n) is 7.69. The van der Waals surface area contributed by atoms with Crippen LogP contribution < -0.4 is 5.32 Å². The molecule has 1 heterocycles. The number of carbonyl (C=O) groups is 4. The Labute approximate surface area is 245 Å². The monoisotopic (exact) mass is 563 g/mol. The minimum atomic E-state index is -1.28. The highest BCUT2D eigenvalue weighted by molar-refractivity contribution is 6.09. The second-order valence-corrected chi connectivity index (χ2v) is 13.0. The number of amides is 1. The summed E-state index contributed by atoms with van der Waals surface area (Å²) >= 11 is 0. The molecule has 7 nitrogen and oxygen atoms in total. The van der Waals surface area contributed by atoms with Gasteiger partial charge < -0.3 is 15.6 Å². The maximum atomic E-state index is 14.6. The largest absolute Gasteiger partial charge is 0.321 e. The van der Waals surface area contributed by atoms with Crippen LogP contribution in [0.5, 0.6) is 0 Å². The van der Waals surface area contributed by atoms with Crippen LogP contribution in [-0.2, 0) is 9.59 Å². The van der Waals surface area contributed by atoms with E-state index in [2.05, 4.69) is 12.2 Å². The summed E-state index contributed by atoms with van der Waals surface area (Å²) in [6.07, 6.45) is 15.0. The highest BCUT2D eigenvalue weighted by Gasteiger charge is 2.57. The van der Waals surface area contributed by atoms with Crippen molar-refractivity contribution in [2.24, 2.45) is 11.8 Å². The smallest absolute Gasteiger partial charge is 0.229 e. The number of fused-ring (bicyclic) bond motifs is 1. The van der Waals surface area contributed by atoms with Gasteiger partial charge in [0.25, 0.3) is 0 Å². The van der Waals surface area contributed by atoms with E-state index in [1.807, 2.05) is 6.92 Å². The maximum Gasteiger partial charge on any atom is 0.229 e. The van der Waals surface area contributed by atoms with Gasteiger partial charge in [0.1, 0.15) is 11.8 Å². The number of likely N-dealkylation sites (tertiary alicyclic amines) is 1. The van der Waals surface area contributed by atoms with E-state index in [1.165, 1.54) is 6.21 Å². The molecule has 2 unspecified atom stereocenters. The van der Waals surface area contributed by atoms with Gasteiger partial charge in [0.15, 0.2) is 11.6 Å². The second kappa shape index (κ2) is 13.5. The van der Waals surface area contributed by atoms with Crippen molar-refractivity contribution >= 4 is 30.0 Å². The molecule has 1 amide bonds. The predicted octanol–water partition coefficient (Wildman–Crippen LogP) is 6.33. The molecule has 0 spiro atoms. The van der Waals surface area contributed by atoms with Crippen molar-refractivity contribution in [3.8, 4) is 0 Å². The fraction of sp³-hybridized carbons (Fsp3) is 0.676. The Morgan fingerprint density at radius 3 is 2.17 bits per heavy atom. The molecule has 1 aromatic rings. The molecule has 2 N–H and O–H groups in total. The van der Waals surface area contributed by atoms with E-state index in [0.29, 0.717) is 24.0 Å². The zero-order valence-electron chi connectivity index (χ0n) is 25.3. The Bertz CT molecular complexity index is 1120. The van der Waals surface area contributed by atoms with E-state index in [9.17, 15) is 19.2 Å². The number of hydrogen-bond donors (Lipinski definition) is 2. The Balaban J connectivity index is 1.63. The van der Waals surface area contributed by atoms with Gasteiger partial charge in [0.2, 0.25) is 5.91 Å². The van der Waals surface area contributed by atoms with Crippen molar-refractivity contribution in [2.45, 2.75) is 134 Å². The number of nitrogens with one attached hydrogen (secondary N) is 2. The average molecular weight is 564 g/mol. The maximum absolute atomic E-state index is 14.6. The van der Waals surface area contributed by atoms with Crippen LogP contribution in [0.15, 0.2) is 24.3 Å². The molecule has 4 rings (SSSR count). The van der Waals surface area contributed by atoms with Gasteiger partial charge in [-0.25, -0.2) is 0 Å². The number of benzene rings is 1. The first-order chi connectivity index (χ1) is 19.7. The molecule has 1 saturated heterocycles. The summed E-state index contributed by atoms with van der Waals surface area (Å²) in [6.45, 7) is 5.76. The molecule has 7 heteroatoms. The molecule has 1 aliphatic heterocycles. The van der Waals surface area contributed by atoms with Gasteiger partial charge in [-0.3, -0.25) is 19.2 Å².